The first-order chi connectivity index (χ1) is 9.18. The molecular formula is C16H33NO2. The van der Waals surface area contributed by atoms with Gasteiger partial charge >= 0.3 is 0 Å². The van der Waals surface area contributed by atoms with Crippen molar-refractivity contribution in [1.29, 1.82) is 0 Å². The minimum Gasteiger partial charge on any atom is -0.503 e. The summed E-state index contributed by atoms with van der Waals surface area (Å²) < 4.78 is 0. The van der Waals surface area contributed by atoms with Crippen LogP contribution in [0.5, 0.6) is 0 Å². The Morgan fingerprint density at radius 2 is 1.37 bits per heavy atom. The second-order valence-corrected chi connectivity index (χ2v) is 4.53. The molecular weight excluding hydrogens is 238 g/mol. The number of hydrogen-bond donors (Lipinski definition) is 2. The quantitative estimate of drug-likeness (QED) is 0.324. The van der Waals surface area contributed by atoms with E-state index in [1.807, 2.05) is 13.8 Å². The third-order valence-corrected chi connectivity index (χ3v) is 2.83. The lowest BCUT2D eigenvalue weighted by atomic mass is 10.1. The number of carbonyl (C=O) groups is 1. The summed E-state index contributed by atoms with van der Waals surface area (Å²) in [5.74, 6) is -0.856. The van der Waals surface area contributed by atoms with Crippen LogP contribution in [-0.2, 0) is 4.79 Å². The molecule has 0 bridgehead atoms. The second-order valence-electron chi connectivity index (χ2n) is 4.53. The van der Waals surface area contributed by atoms with Gasteiger partial charge in [-0.2, -0.15) is 0 Å². The molecule has 0 fully saturated rings. The van der Waals surface area contributed by atoms with Crippen LogP contribution in [0, 0.1) is 0 Å². The van der Waals surface area contributed by atoms with Gasteiger partial charge in [-0.25, -0.2) is 0 Å². The van der Waals surface area contributed by atoms with Crippen LogP contribution in [0.15, 0.2) is 12.3 Å². The van der Waals surface area contributed by atoms with Crippen molar-refractivity contribution in [2.75, 3.05) is 6.54 Å². The van der Waals surface area contributed by atoms with Gasteiger partial charge < -0.3 is 10.4 Å². The van der Waals surface area contributed by atoms with E-state index < -0.39 is 11.7 Å². The van der Waals surface area contributed by atoms with Crippen LogP contribution in [-0.4, -0.2) is 17.6 Å². The Morgan fingerprint density at radius 1 is 0.947 bits per heavy atom. The van der Waals surface area contributed by atoms with E-state index in [0.717, 1.165) is 12.8 Å². The van der Waals surface area contributed by atoms with Crippen molar-refractivity contribution in [2.24, 2.45) is 0 Å². The van der Waals surface area contributed by atoms with Crippen molar-refractivity contribution >= 4 is 5.91 Å². The Morgan fingerprint density at radius 3 is 1.79 bits per heavy atom. The summed E-state index contributed by atoms with van der Waals surface area (Å²) in [7, 11) is 0. The molecule has 0 aliphatic carbocycles. The van der Waals surface area contributed by atoms with Crippen LogP contribution in [0.2, 0.25) is 0 Å². The fourth-order valence-electron chi connectivity index (χ4n) is 1.74. The molecule has 0 radical (unpaired) electrons. The van der Waals surface area contributed by atoms with E-state index >= 15 is 0 Å². The molecule has 1 amide bonds. The lowest BCUT2D eigenvalue weighted by Crippen LogP contribution is -2.25. The molecule has 0 aromatic rings. The van der Waals surface area contributed by atoms with Crippen molar-refractivity contribution in [1.82, 2.24) is 5.32 Å². The zero-order chi connectivity index (χ0) is 14.9. The number of nitrogens with one attached hydrogen (secondary N) is 1. The molecule has 0 heterocycles. The highest BCUT2D eigenvalue weighted by Gasteiger charge is 2.01. The highest BCUT2D eigenvalue weighted by atomic mass is 16.3. The van der Waals surface area contributed by atoms with E-state index in [2.05, 4.69) is 18.8 Å². The zero-order valence-corrected chi connectivity index (χ0v) is 13.1. The predicted octanol–water partition coefficient (Wildman–Crippen LogP) is 4.73. The van der Waals surface area contributed by atoms with Crippen LogP contribution >= 0.6 is 0 Å². The smallest absolute Gasteiger partial charge is 0.285 e. The molecule has 0 unspecified atom stereocenters. The Kier molecular flexibility index (Phi) is 18.2. The van der Waals surface area contributed by atoms with E-state index in [-0.39, 0.29) is 0 Å². The minimum absolute atomic E-state index is 0.402. The van der Waals surface area contributed by atoms with E-state index in [1.165, 1.54) is 44.9 Å². The van der Waals surface area contributed by atoms with Gasteiger partial charge in [-0.1, -0.05) is 78.7 Å². The largest absolute Gasteiger partial charge is 0.503 e. The summed E-state index contributed by atoms with van der Waals surface area (Å²) in [6.07, 6.45) is 11.4. The van der Waals surface area contributed by atoms with Gasteiger partial charge in [0.05, 0.1) is 0 Å². The number of aliphatic hydroxyl groups excluding tert-OH is 1. The maximum atomic E-state index is 10.9. The van der Waals surface area contributed by atoms with E-state index in [4.69, 9.17) is 5.11 Å². The molecule has 0 rings (SSSR count). The third-order valence-electron chi connectivity index (χ3n) is 2.83. The Labute approximate surface area is 119 Å². The van der Waals surface area contributed by atoms with Gasteiger partial charge in [0.1, 0.15) is 0 Å². The van der Waals surface area contributed by atoms with E-state index in [9.17, 15) is 4.79 Å². The van der Waals surface area contributed by atoms with Crippen LogP contribution in [0.4, 0.5) is 0 Å². The lowest BCUT2D eigenvalue weighted by Gasteiger charge is -2.04. The topological polar surface area (TPSA) is 49.3 Å². The summed E-state index contributed by atoms with van der Waals surface area (Å²) in [6, 6.07) is 0. The van der Waals surface area contributed by atoms with Crippen molar-refractivity contribution < 1.29 is 9.90 Å². The van der Waals surface area contributed by atoms with Crippen molar-refractivity contribution in [3.63, 3.8) is 0 Å². The molecule has 3 heteroatoms. The number of unbranched alkanes of at least 4 members (excludes halogenated alkanes) is 8. The predicted molar refractivity (Wildman–Crippen MR) is 83.4 cm³/mol. The van der Waals surface area contributed by atoms with Crippen LogP contribution in [0.3, 0.4) is 0 Å². The standard InChI is InChI=1S/C14H27NO2.C2H6/c1-3-4-5-6-7-8-9-10-11-12-15-14(17)13(2)16;1-2/h16H,2-12H2,1H3,(H,15,17);1-2H3. The van der Waals surface area contributed by atoms with Gasteiger partial charge in [0, 0.05) is 6.54 Å². The molecule has 0 aromatic heterocycles. The first-order valence-corrected chi connectivity index (χ1v) is 7.84. The first-order valence-electron chi connectivity index (χ1n) is 7.84. The number of aliphatic hydroxyl groups is 1. The summed E-state index contributed by atoms with van der Waals surface area (Å²) >= 11 is 0. The maximum absolute atomic E-state index is 10.9. The molecule has 0 saturated heterocycles. The van der Waals surface area contributed by atoms with Gasteiger partial charge in [-0.15, -0.1) is 0 Å². The summed E-state index contributed by atoms with van der Waals surface area (Å²) in [4.78, 5) is 10.9. The lowest BCUT2D eigenvalue weighted by molar-refractivity contribution is -0.119. The second kappa shape index (κ2) is 17.0. The molecule has 0 spiro atoms. The number of carbonyl (C=O) groups excluding carboxylic acids is 1. The third kappa shape index (κ3) is 17.0. The van der Waals surface area contributed by atoms with Gasteiger partial charge in [-0.3, -0.25) is 4.79 Å². The van der Waals surface area contributed by atoms with Gasteiger partial charge in [0.2, 0.25) is 0 Å². The number of hydrogen-bond acceptors (Lipinski definition) is 2. The highest BCUT2D eigenvalue weighted by molar-refractivity contribution is 5.90. The average Bonchev–Trinajstić information content (AvgIpc) is 2.42. The van der Waals surface area contributed by atoms with Gasteiger partial charge in [0.15, 0.2) is 5.76 Å². The Balaban J connectivity index is 0. The maximum Gasteiger partial charge on any atom is 0.285 e. The summed E-state index contributed by atoms with van der Waals surface area (Å²) in [5, 5.41) is 11.4. The molecule has 3 nitrogen and oxygen atoms in total. The van der Waals surface area contributed by atoms with Crippen LogP contribution < -0.4 is 5.32 Å². The molecule has 0 atom stereocenters. The fourth-order valence-corrected chi connectivity index (χ4v) is 1.74. The zero-order valence-electron chi connectivity index (χ0n) is 13.1. The normalized spacial score (nSPS) is 9.42. The van der Waals surface area contributed by atoms with Gasteiger partial charge in [0.25, 0.3) is 5.91 Å². The highest BCUT2D eigenvalue weighted by Crippen LogP contribution is 2.09. The van der Waals surface area contributed by atoms with Gasteiger partial charge in [-0.05, 0) is 6.42 Å². The average molecular weight is 271 g/mol. The fraction of sp³-hybridized carbons (Fsp3) is 0.812. The van der Waals surface area contributed by atoms with Crippen LogP contribution in [0.25, 0.3) is 0 Å². The van der Waals surface area contributed by atoms with Crippen molar-refractivity contribution in [2.45, 2.75) is 78.6 Å². The molecule has 0 aliphatic heterocycles. The minimum atomic E-state index is -0.454. The monoisotopic (exact) mass is 271 g/mol. The Bertz CT molecular complexity index is 215. The van der Waals surface area contributed by atoms with Crippen molar-refractivity contribution in [3.8, 4) is 0 Å². The molecule has 0 aromatic carbocycles. The van der Waals surface area contributed by atoms with E-state index in [1.54, 1.807) is 0 Å². The molecule has 0 aliphatic rings. The first kappa shape index (κ1) is 20.3. The molecule has 2 N–H and O–H groups in total. The molecule has 114 valence electrons. The Hall–Kier alpha value is -0.990. The van der Waals surface area contributed by atoms with E-state index in [0.29, 0.717) is 6.54 Å². The van der Waals surface area contributed by atoms with Crippen LogP contribution in [0.1, 0.15) is 78.6 Å². The van der Waals surface area contributed by atoms with Crippen molar-refractivity contribution in [3.05, 3.63) is 12.3 Å². The molecule has 19 heavy (non-hydrogen) atoms. The molecule has 0 saturated carbocycles. The number of amides is 1. The summed E-state index contributed by atoms with van der Waals surface area (Å²) in [6.45, 7) is 10.0. The SMILES string of the molecule is C=C(O)C(=O)NCCCCCCCCCCC.CC. The number of rotatable bonds is 11. The summed E-state index contributed by atoms with van der Waals surface area (Å²) in [5.41, 5.74) is 0.